The van der Waals surface area contributed by atoms with E-state index >= 15 is 0 Å². The van der Waals surface area contributed by atoms with Crippen LogP contribution in [0.4, 0.5) is 13.2 Å². The van der Waals surface area contributed by atoms with Gasteiger partial charge in [-0.1, -0.05) is 24.8 Å². The minimum absolute atomic E-state index is 0.0599. The van der Waals surface area contributed by atoms with Crippen molar-refractivity contribution in [2.75, 3.05) is 0 Å². The Balaban J connectivity index is 2.25. The molecule has 0 spiro atoms. The van der Waals surface area contributed by atoms with Gasteiger partial charge in [0.15, 0.2) is 0 Å². The number of hydrogen-bond acceptors (Lipinski definition) is 2. The van der Waals surface area contributed by atoms with Crippen LogP contribution in [0.25, 0.3) is 5.57 Å². The van der Waals surface area contributed by atoms with Crippen LogP contribution >= 0.6 is 0 Å². The van der Waals surface area contributed by atoms with Gasteiger partial charge in [-0.15, -0.1) is 0 Å². The summed E-state index contributed by atoms with van der Waals surface area (Å²) in [6.07, 6.45) is 1.15. The molecule has 1 saturated carbocycles. The molecule has 3 nitrogen and oxygen atoms in total. The van der Waals surface area contributed by atoms with Gasteiger partial charge in [-0.25, -0.2) is 4.79 Å². The van der Waals surface area contributed by atoms with Gasteiger partial charge in [-0.05, 0) is 43.5 Å². The maximum absolute atomic E-state index is 12.4. The molecule has 0 aromatic heterocycles. The van der Waals surface area contributed by atoms with Gasteiger partial charge in [0.25, 0.3) is 0 Å². The molecular formula is C18H17F3O3. The molecule has 0 saturated heterocycles. The number of rotatable bonds is 6. The van der Waals surface area contributed by atoms with Gasteiger partial charge < -0.3 is 9.84 Å². The lowest BCUT2D eigenvalue weighted by Crippen LogP contribution is -2.08. The van der Waals surface area contributed by atoms with E-state index < -0.39 is 17.7 Å². The minimum Gasteiger partial charge on any atom is -0.490 e. The third-order valence-electron chi connectivity index (χ3n) is 3.48. The fourth-order valence-corrected chi connectivity index (χ4v) is 1.88. The van der Waals surface area contributed by atoms with E-state index in [1.54, 1.807) is 6.07 Å². The largest absolute Gasteiger partial charge is 0.490 e. The van der Waals surface area contributed by atoms with E-state index in [2.05, 4.69) is 6.58 Å². The zero-order valence-electron chi connectivity index (χ0n) is 13.1. The highest BCUT2D eigenvalue weighted by Gasteiger charge is 2.29. The van der Waals surface area contributed by atoms with Gasteiger partial charge in [-0.3, -0.25) is 0 Å². The fraction of sp³-hybridized carbons (Fsp3) is 0.278. The molecule has 0 aliphatic heterocycles. The molecule has 0 atom stereocenters. The zero-order valence-corrected chi connectivity index (χ0v) is 13.1. The molecule has 6 heteroatoms. The number of carboxylic acid groups (broad SMARTS) is 1. The Bertz CT molecular complexity index is 711. The molecule has 0 amide bonds. The molecule has 1 aromatic rings. The summed E-state index contributed by atoms with van der Waals surface area (Å²) in [5.74, 6) is -0.618. The third kappa shape index (κ3) is 4.75. The molecule has 1 aliphatic rings. The lowest BCUT2D eigenvalue weighted by atomic mass is 10.0. The Hall–Kier alpha value is -2.50. The Labute approximate surface area is 137 Å². The van der Waals surface area contributed by atoms with Crippen LogP contribution in [0.15, 0.2) is 48.6 Å². The van der Waals surface area contributed by atoms with Crippen molar-refractivity contribution in [3.05, 3.63) is 59.7 Å². The van der Waals surface area contributed by atoms with E-state index in [0.29, 0.717) is 16.9 Å². The molecule has 2 rings (SSSR count). The highest BCUT2D eigenvalue weighted by Crippen LogP contribution is 2.33. The molecule has 1 fully saturated rings. The standard InChI is InChI=1S/C18H17F3O3/c1-11(4-3-5-12(2)18(19,20)21)15-10-13(17(22)23)6-9-16(15)24-14-7-8-14/h3-6,9-10,14H,1,7-8H2,2H3,(H,22,23)/b4-3-,12-5+. The van der Waals surface area contributed by atoms with Gasteiger partial charge in [0.05, 0.1) is 11.7 Å². The van der Waals surface area contributed by atoms with E-state index in [9.17, 15) is 18.0 Å². The van der Waals surface area contributed by atoms with Crippen LogP contribution in [0.3, 0.4) is 0 Å². The van der Waals surface area contributed by atoms with Gasteiger partial charge in [0.2, 0.25) is 0 Å². The number of carbonyl (C=O) groups is 1. The van der Waals surface area contributed by atoms with Crippen LogP contribution in [0, 0.1) is 0 Å². The summed E-state index contributed by atoms with van der Waals surface area (Å²) in [5, 5.41) is 9.09. The summed E-state index contributed by atoms with van der Waals surface area (Å²) in [6.45, 7) is 4.77. The van der Waals surface area contributed by atoms with Crippen molar-refractivity contribution in [1.29, 1.82) is 0 Å². The maximum Gasteiger partial charge on any atom is 0.412 e. The predicted molar refractivity (Wildman–Crippen MR) is 85.0 cm³/mol. The first kappa shape index (κ1) is 17.8. The Morgan fingerprint density at radius 3 is 2.58 bits per heavy atom. The van der Waals surface area contributed by atoms with Crippen molar-refractivity contribution in [2.45, 2.75) is 32.0 Å². The molecule has 0 unspecified atom stereocenters. The quantitative estimate of drug-likeness (QED) is 0.742. The number of alkyl halides is 3. The van der Waals surface area contributed by atoms with E-state index in [1.165, 1.54) is 24.3 Å². The second-order valence-electron chi connectivity index (χ2n) is 5.57. The van der Waals surface area contributed by atoms with E-state index in [-0.39, 0.29) is 11.7 Å². The number of carboxylic acids is 1. The highest BCUT2D eigenvalue weighted by molar-refractivity contribution is 5.90. The first-order chi connectivity index (χ1) is 11.2. The average Bonchev–Trinajstić information content (AvgIpc) is 3.30. The second kappa shape index (κ2) is 6.95. The van der Waals surface area contributed by atoms with Crippen LogP contribution in [0.5, 0.6) is 5.75 Å². The topological polar surface area (TPSA) is 46.5 Å². The molecular weight excluding hydrogens is 321 g/mol. The number of ether oxygens (including phenoxy) is 1. The number of hydrogen-bond donors (Lipinski definition) is 1. The van der Waals surface area contributed by atoms with Gasteiger partial charge >= 0.3 is 12.1 Å². The molecule has 1 aromatic carbocycles. The van der Waals surface area contributed by atoms with Crippen LogP contribution in [-0.2, 0) is 0 Å². The third-order valence-corrected chi connectivity index (χ3v) is 3.48. The van der Waals surface area contributed by atoms with Gasteiger partial charge in [-0.2, -0.15) is 13.2 Å². The van der Waals surface area contributed by atoms with Crippen LogP contribution in [0.2, 0.25) is 0 Å². The van der Waals surface area contributed by atoms with E-state index in [1.807, 2.05) is 0 Å². The van der Waals surface area contributed by atoms with Crippen molar-refractivity contribution >= 4 is 11.5 Å². The van der Waals surface area contributed by atoms with Gasteiger partial charge in [0.1, 0.15) is 5.75 Å². The molecule has 0 bridgehead atoms. The Morgan fingerprint density at radius 2 is 2.04 bits per heavy atom. The number of benzene rings is 1. The lowest BCUT2D eigenvalue weighted by Gasteiger charge is -2.12. The lowest BCUT2D eigenvalue weighted by molar-refractivity contribution is -0.0913. The molecule has 0 heterocycles. The van der Waals surface area contributed by atoms with Crippen molar-refractivity contribution < 1.29 is 27.8 Å². The van der Waals surface area contributed by atoms with Gasteiger partial charge in [0, 0.05) is 11.1 Å². The van der Waals surface area contributed by atoms with Crippen molar-refractivity contribution in [3.63, 3.8) is 0 Å². The first-order valence-corrected chi connectivity index (χ1v) is 7.34. The van der Waals surface area contributed by atoms with Crippen molar-refractivity contribution in [2.24, 2.45) is 0 Å². The monoisotopic (exact) mass is 338 g/mol. The average molecular weight is 338 g/mol. The summed E-state index contributed by atoms with van der Waals surface area (Å²) < 4.78 is 43.0. The Kier molecular flexibility index (Phi) is 5.17. The zero-order chi connectivity index (χ0) is 17.9. The Morgan fingerprint density at radius 1 is 1.38 bits per heavy atom. The molecule has 128 valence electrons. The second-order valence-corrected chi connectivity index (χ2v) is 5.57. The van der Waals surface area contributed by atoms with Crippen LogP contribution in [-0.4, -0.2) is 23.4 Å². The predicted octanol–water partition coefficient (Wildman–Crippen LogP) is 5.00. The molecule has 1 N–H and O–H groups in total. The van der Waals surface area contributed by atoms with E-state index in [0.717, 1.165) is 25.8 Å². The number of allylic oxidation sites excluding steroid dienone is 5. The van der Waals surface area contributed by atoms with Crippen LogP contribution < -0.4 is 4.74 Å². The smallest absolute Gasteiger partial charge is 0.412 e. The minimum atomic E-state index is -4.38. The first-order valence-electron chi connectivity index (χ1n) is 7.34. The number of halogens is 3. The summed E-state index contributed by atoms with van der Waals surface area (Å²) in [4.78, 5) is 11.1. The normalized spacial score (nSPS) is 15.6. The summed E-state index contributed by atoms with van der Waals surface area (Å²) in [5.41, 5.74) is 0.154. The highest BCUT2D eigenvalue weighted by atomic mass is 19.4. The molecule has 24 heavy (non-hydrogen) atoms. The fourth-order valence-electron chi connectivity index (χ4n) is 1.88. The van der Waals surface area contributed by atoms with Crippen molar-refractivity contribution in [1.82, 2.24) is 0 Å². The van der Waals surface area contributed by atoms with E-state index in [4.69, 9.17) is 9.84 Å². The summed E-state index contributed by atoms with van der Waals surface area (Å²) in [6, 6.07) is 4.38. The maximum atomic E-state index is 12.4. The van der Waals surface area contributed by atoms with Crippen LogP contribution in [0.1, 0.15) is 35.7 Å². The number of aromatic carboxylic acids is 1. The molecule has 1 aliphatic carbocycles. The molecule has 0 radical (unpaired) electrons. The summed E-state index contributed by atoms with van der Waals surface area (Å²) in [7, 11) is 0. The SMILES string of the molecule is C=C(/C=C\C=C(/C)C(F)(F)F)c1cc(C(=O)O)ccc1OC1CC1. The summed E-state index contributed by atoms with van der Waals surface area (Å²) >= 11 is 0. The van der Waals surface area contributed by atoms with Crippen molar-refractivity contribution in [3.8, 4) is 5.75 Å².